The van der Waals surface area contributed by atoms with E-state index in [1.54, 1.807) is 0 Å². The number of hydrogen-bond donors (Lipinski definition) is 1. The molecule has 3 nitrogen and oxygen atoms in total. The predicted molar refractivity (Wildman–Crippen MR) is 83.7 cm³/mol. The Morgan fingerprint density at radius 3 is 2.62 bits per heavy atom. The van der Waals surface area contributed by atoms with Gasteiger partial charge in [0.15, 0.2) is 0 Å². The molecule has 0 aliphatic rings. The van der Waals surface area contributed by atoms with Gasteiger partial charge in [0.2, 0.25) is 5.95 Å². The van der Waals surface area contributed by atoms with Gasteiger partial charge in [-0.15, -0.1) is 0 Å². The minimum absolute atomic E-state index is 0.155. The third-order valence-electron chi connectivity index (χ3n) is 3.83. The summed E-state index contributed by atoms with van der Waals surface area (Å²) in [5, 5.41) is 0. The molecule has 0 spiro atoms. The molecule has 3 rings (SSSR count). The van der Waals surface area contributed by atoms with Crippen LogP contribution in [0.4, 0.5) is 10.3 Å². The van der Waals surface area contributed by atoms with E-state index in [1.165, 1.54) is 12.1 Å². The van der Waals surface area contributed by atoms with E-state index in [9.17, 15) is 4.39 Å². The average Bonchev–Trinajstić information content (AvgIpc) is 2.79. The number of imidazole rings is 1. The zero-order valence-electron chi connectivity index (χ0n) is 12.2. The highest BCUT2D eigenvalue weighted by Crippen LogP contribution is 2.26. The zero-order valence-corrected chi connectivity index (χ0v) is 12.2. The van der Waals surface area contributed by atoms with Crippen molar-refractivity contribution < 1.29 is 4.39 Å². The van der Waals surface area contributed by atoms with Crippen LogP contribution in [-0.2, 0) is 6.42 Å². The van der Waals surface area contributed by atoms with E-state index in [4.69, 9.17) is 5.73 Å². The highest BCUT2D eigenvalue weighted by Gasteiger charge is 2.15. The first-order chi connectivity index (χ1) is 10.1. The average molecular weight is 283 g/mol. The van der Waals surface area contributed by atoms with Crippen LogP contribution in [0.15, 0.2) is 42.5 Å². The SMILES string of the molecule is Cc1cccc2c1nc(N)n2C(C)Cc1ccc(F)cc1. The lowest BCUT2D eigenvalue weighted by Gasteiger charge is -2.16. The van der Waals surface area contributed by atoms with Crippen LogP contribution in [0.3, 0.4) is 0 Å². The van der Waals surface area contributed by atoms with Crippen molar-refractivity contribution in [3.63, 3.8) is 0 Å². The number of hydrogen-bond acceptors (Lipinski definition) is 2. The fraction of sp³-hybridized carbons (Fsp3) is 0.235. The molecule has 0 saturated carbocycles. The van der Waals surface area contributed by atoms with Crippen LogP contribution in [0.2, 0.25) is 0 Å². The van der Waals surface area contributed by atoms with Gasteiger partial charge in [0, 0.05) is 6.04 Å². The van der Waals surface area contributed by atoms with Gasteiger partial charge in [0.1, 0.15) is 5.82 Å². The van der Waals surface area contributed by atoms with Crippen molar-refractivity contribution in [1.82, 2.24) is 9.55 Å². The largest absolute Gasteiger partial charge is 0.369 e. The molecule has 0 bridgehead atoms. The van der Waals surface area contributed by atoms with Gasteiger partial charge in [-0.2, -0.15) is 0 Å². The van der Waals surface area contributed by atoms with Crippen LogP contribution < -0.4 is 5.73 Å². The molecule has 0 radical (unpaired) electrons. The lowest BCUT2D eigenvalue weighted by Crippen LogP contribution is -2.11. The Bertz CT molecular complexity index is 775. The number of aryl methyl sites for hydroxylation is 1. The Kier molecular flexibility index (Phi) is 3.37. The lowest BCUT2D eigenvalue weighted by atomic mass is 10.1. The Morgan fingerprint density at radius 2 is 1.90 bits per heavy atom. The molecule has 0 aliphatic heterocycles. The van der Waals surface area contributed by atoms with E-state index in [1.807, 2.05) is 41.8 Å². The first-order valence-electron chi connectivity index (χ1n) is 7.03. The lowest BCUT2D eigenvalue weighted by molar-refractivity contribution is 0.565. The van der Waals surface area contributed by atoms with Gasteiger partial charge < -0.3 is 10.3 Å². The number of nitrogens with two attached hydrogens (primary N) is 1. The second kappa shape index (κ2) is 5.20. The quantitative estimate of drug-likeness (QED) is 0.793. The van der Waals surface area contributed by atoms with Gasteiger partial charge in [-0.3, -0.25) is 0 Å². The molecular formula is C17H18FN3. The van der Waals surface area contributed by atoms with Crippen LogP contribution >= 0.6 is 0 Å². The Labute approximate surface area is 123 Å². The summed E-state index contributed by atoms with van der Waals surface area (Å²) in [6.07, 6.45) is 0.782. The summed E-state index contributed by atoms with van der Waals surface area (Å²) >= 11 is 0. The third kappa shape index (κ3) is 2.49. The standard InChI is InChI=1S/C17H18FN3/c1-11-4-3-5-15-16(11)20-17(19)21(15)12(2)10-13-6-8-14(18)9-7-13/h3-9,12H,10H2,1-2H3,(H2,19,20). The summed E-state index contributed by atoms with van der Waals surface area (Å²) in [5.74, 6) is 0.309. The number of nitrogens with zero attached hydrogens (tertiary/aromatic N) is 2. The number of halogens is 1. The highest BCUT2D eigenvalue weighted by atomic mass is 19.1. The summed E-state index contributed by atoms with van der Waals surface area (Å²) in [6, 6.07) is 12.8. The number of benzene rings is 2. The van der Waals surface area contributed by atoms with E-state index in [0.29, 0.717) is 5.95 Å². The molecule has 3 aromatic rings. The molecule has 0 aliphatic carbocycles. The number of rotatable bonds is 3. The van der Waals surface area contributed by atoms with Crippen molar-refractivity contribution >= 4 is 17.0 Å². The Morgan fingerprint density at radius 1 is 1.19 bits per heavy atom. The summed E-state index contributed by atoms with van der Waals surface area (Å²) < 4.78 is 15.0. The Hall–Kier alpha value is -2.36. The smallest absolute Gasteiger partial charge is 0.201 e. The minimum atomic E-state index is -0.213. The second-order valence-electron chi connectivity index (χ2n) is 5.46. The fourth-order valence-corrected chi connectivity index (χ4v) is 2.79. The molecule has 1 aromatic heterocycles. The maximum absolute atomic E-state index is 13.0. The third-order valence-corrected chi connectivity index (χ3v) is 3.83. The van der Waals surface area contributed by atoms with Crippen molar-refractivity contribution in [1.29, 1.82) is 0 Å². The first kappa shape index (κ1) is 13.6. The van der Waals surface area contributed by atoms with Crippen molar-refractivity contribution in [2.24, 2.45) is 0 Å². The Balaban J connectivity index is 1.98. The van der Waals surface area contributed by atoms with Crippen molar-refractivity contribution in [2.45, 2.75) is 26.3 Å². The van der Waals surface area contributed by atoms with Gasteiger partial charge in [0.25, 0.3) is 0 Å². The topological polar surface area (TPSA) is 43.8 Å². The number of aromatic nitrogens is 2. The van der Waals surface area contributed by atoms with Crippen LogP contribution in [0.25, 0.3) is 11.0 Å². The predicted octanol–water partition coefficient (Wildman–Crippen LogP) is 3.87. The highest BCUT2D eigenvalue weighted by molar-refractivity contribution is 5.81. The van der Waals surface area contributed by atoms with E-state index < -0.39 is 0 Å². The number of nitrogen functional groups attached to an aromatic ring is 1. The van der Waals surface area contributed by atoms with E-state index in [0.717, 1.165) is 28.6 Å². The molecular weight excluding hydrogens is 265 g/mol. The zero-order chi connectivity index (χ0) is 15.0. The van der Waals surface area contributed by atoms with E-state index in [2.05, 4.69) is 11.9 Å². The van der Waals surface area contributed by atoms with Crippen LogP contribution in [0, 0.1) is 12.7 Å². The summed E-state index contributed by atoms with van der Waals surface area (Å²) in [6.45, 7) is 4.13. The molecule has 1 unspecified atom stereocenters. The molecule has 4 heteroatoms. The van der Waals surface area contributed by atoms with E-state index >= 15 is 0 Å². The maximum Gasteiger partial charge on any atom is 0.201 e. The summed E-state index contributed by atoms with van der Waals surface area (Å²) in [7, 11) is 0. The molecule has 108 valence electrons. The van der Waals surface area contributed by atoms with Crippen LogP contribution in [0.1, 0.15) is 24.1 Å². The molecule has 21 heavy (non-hydrogen) atoms. The van der Waals surface area contributed by atoms with Gasteiger partial charge in [-0.1, -0.05) is 24.3 Å². The number of para-hydroxylation sites is 1. The molecule has 1 heterocycles. The maximum atomic E-state index is 13.0. The molecule has 2 N–H and O–H groups in total. The molecule has 0 fully saturated rings. The van der Waals surface area contributed by atoms with Crippen molar-refractivity contribution in [3.05, 3.63) is 59.4 Å². The van der Waals surface area contributed by atoms with Crippen LogP contribution in [0.5, 0.6) is 0 Å². The van der Waals surface area contributed by atoms with Crippen molar-refractivity contribution in [3.8, 4) is 0 Å². The monoisotopic (exact) mass is 283 g/mol. The molecule has 1 atom stereocenters. The minimum Gasteiger partial charge on any atom is -0.369 e. The van der Waals surface area contributed by atoms with Gasteiger partial charge in [-0.25, -0.2) is 9.37 Å². The van der Waals surface area contributed by atoms with Gasteiger partial charge >= 0.3 is 0 Å². The van der Waals surface area contributed by atoms with Crippen molar-refractivity contribution in [2.75, 3.05) is 5.73 Å². The van der Waals surface area contributed by atoms with E-state index in [-0.39, 0.29) is 11.9 Å². The number of fused-ring (bicyclic) bond motifs is 1. The molecule has 0 amide bonds. The van der Waals surface area contributed by atoms with Crippen LogP contribution in [-0.4, -0.2) is 9.55 Å². The summed E-state index contributed by atoms with van der Waals surface area (Å²) in [4.78, 5) is 4.47. The fourth-order valence-electron chi connectivity index (χ4n) is 2.79. The second-order valence-corrected chi connectivity index (χ2v) is 5.46. The number of anilines is 1. The first-order valence-corrected chi connectivity index (χ1v) is 7.03. The molecule has 2 aromatic carbocycles. The van der Waals surface area contributed by atoms with Gasteiger partial charge in [0.05, 0.1) is 11.0 Å². The normalized spacial score (nSPS) is 12.7. The summed E-state index contributed by atoms with van der Waals surface area (Å²) in [5.41, 5.74) is 10.3. The molecule has 0 saturated heterocycles. The van der Waals surface area contributed by atoms with Gasteiger partial charge in [-0.05, 0) is 49.6 Å².